The number of nitrogens with one attached hydrogen (secondary N) is 1. The largest absolute Gasteiger partial charge is 0.382 e. The second kappa shape index (κ2) is 17.1. The molecular weight excluding hydrogens is 363 g/mol. The van der Waals surface area contributed by atoms with Gasteiger partial charge in [0.05, 0.1) is 13.2 Å². The average Bonchev–Trinajstić information content (AvgIpc) is 2.63. The number of hydrogen-bond acceptors (Lipinski definition) is 7. The number of H-pyrrole nitrogens is 1. The molecule has 0 spiro atoms. The summed E-state index contributed by atoms with van der Waals surface area (Å²) < 4.78 is 16.8. The van der Waals surface area contributed by atoms with Crippen molar-refractivity contribution < 1.29 is 24.0 Å². The number of ether oxygens (including phenoxy) is 3. The van der Waals surface area contributed by atoms with Gasteiger partial charge in [-0.25, -0.2) is 4.79 Å². The Morgan fingerprint density at radius 3 is 2.19 bits per heavy atom. The average molecular weight is 394 g/mol. The molecule has 0 fully saturated rings. The lowest BCUT2D eigenvalue weighted by Gasteiger charge is -2.23. The van der Waals surface area contributed by atoms with Crippen LogP contribution in [0, 0.1) is 0 Å². The Balaban J connectivity index is 0. The standard InChI is InChI=1S/C12H19N2O7P.2C2H6/c1-19-7-9(4-6-22(17)18)21-11(8-20-2)14-5-3-10(15)13-12(14)16;2*1-2/h3-6,9,11,17-18H,7-8H2,1-2H3,(H,13,15,16);2*1-2H3/b6-4+;;. The van der Waals surface area contributed by atoms with Gasteiger partial charge in [0, 0.05) is 26.5 Å². The summed E-state index contributed by atoms with van der Waals surface area (Å²) in [4.78, 5) is 42.9. The van der Waals surface area contributed by atoms with Crippen molar-refractivity contribution in [1.29, 1.82) is 0 Å². The number of methoxy groups -OCH3 is 2. The van der Waals surface area contributed by atoms with E-state index in [1.165, 1.54) is 42.9 Å². The minimum atomic E-state index is -2.20. The topological polar surface area (TPSA) is 123 Å². The molecule has 1 rings (SSSR count). The van der Waals surface area contributed by atoms with Gasteiger partial charge in [-0.15, -0.1) is 0 Å². The summed E-state index contributed by atoms with van der Waals surface area (Å²) in [7, 11) is 0.695. The van der Waals surface area contributed by atoms with E-state index in [2.05, 4.69) is 4.98 Å². The SMILES string of the molecule is CC.CC.COCC(/C=C/P(O)O)OC(COC)n1ccc(=O)[nH]c1=O. The summed E-state index contributed by atoms with van der Waals surface area (Å²) in [6.07, 6.45) is 1.27. The molecule has 9 nitrogen and oxygen atoms in total. The van der Waals surface area contributed by atoms with Gasteiger partial charge in [0.25, 0.3) is 5.56 Å². The van der Waals surface area contributed by atoms with Gasteiger partial charge in [0.15, 0.2) is 14.6 Å². The van der Waals surface area contributed by atoms with E-state index in [0.717, 1.165) is 0 Å². The third-order valence-corrected chi connectivity index (χ3v) is 3.01. The zero-order valence-corrected chi connectivity index (χ0v) is 17.1. The molecule has 0 aliphatic heterocycles. The smallest absolute Gasteiger partial charge is 0.330 e. The van der Waals surface area contributed by atoms with Crippen LogP contribution >= 0.6 is 8.38 Å². The molecule has 3 N–H and O–H groups in total. The number of rotatable bonds is 9. The zero-order chi connectivity index (χ0) is 20.5. The van der Waals surface area contributed by atoms with E-state index in [4.69, 9.17) is 24.0 Å². The molecule has 0 saturated carbocycles. The molecule has 0 aliphatic carbocycles. The van der Waals surface area contributed by atoms with Gasteiger partial charge in [-0.05, 0) is 11.9 Å². The van der Waals surface area contributed by atoms with Crippen molar-refractivity contribution in [3.8, 4) is 0 Å². The van der Waals surface area contributed by atoms with Crippen molar-refractivity contribution in [2.45, 2.75) is 40.0 Å². The predicted molar refractivity (Wildman–Crippen MR) is 102 cm³/mol. The maximum absolute atomic E-state index is 11.8. The van der Waals surface area contributed by atoms with Gasteiger partial charge < -0.3 is 24.0 Å². The second-order valence-corrected chi connectivity index (χ2v) is 5.16. The van der Waals surface area contributed by atoms with Crippen LogP contribution in [-0.2, 0) is 14.2 Å². The van der Waals surface area contributed by atoms with E-state index >= 15 is 0 Å². The van der Waals surface area contributed by atoms with Crippen LogP contribution in [0.15, 0.2) is 33.7 Å². The van der Waals surface area contributed by atoms with Crippen LogP contribution < -0.4 is 11.2 Å². The fraction of sp³-hybridized carbons (Fsp3) is 0.625. The molecule has 0 amide bonds. The number of nitrogens with zero attached hydrogens (tertiary/aromatic N) is 1. The van der Waals surface area contributed by atoms with E-state index < -0.39 is 32.0 Å². The zero-order valence-electron chi connectivity index (χ0n) is 16.2. The Hall–Kier alpha value is -1.35. The molecule has 0 aliphatic rings. The molecule has 1 aromatic rings. The molecule has 0 bridgehead atoms. The maximum Gasteiger partial charge on any atom is 0.330 e. The summed E-state index contributed by atoms with van der Waals surface area (Å²) >= 11 is 0. The van der Waals surface area contributed by atoms with Crippen molar-refractivity contribution in [2.75, 3.05) is 27.4 Å². The highest BCUT2D eigenvalue weighted by Gasteiger charge is 2.18. The van der Waals surface area contributed by atoms with Crippen LogP contribution in [0.1, 0.15) is 33.9 Å². The van der Waals surface area contributed by atoms with E-state index in [0.29, 0.717) is 0 Å². The summed E-state index contributed by atoms with van der Waals surface area (Å²) in [6, 6.07) is 1.19. The van der Waals surface area contributed by atoms with Crippen LogP contribution in [0.2, 0.25) is 0 Å². The second-order valence-electron chi connectivity index (χ2n) is 4.22. The van der Waals surface area contributed by atoms with Gasteiger partial charge in [0.2, 0.25) is 0 Å². The Morgan fingerprint density at radius 2 is 1.73 bits per heavy atom. The molecule has 0 radical (unpaired) electrons. The highest BCUT2D eigenvalue weighted by molar-refractivity contribution is 7.48. The Morgan fingerprint density at radius 1 is 1.15 bits per heavy atom. The van der Waals surface area contributed by atoms with Crippen molar-refractivity contribution in [1.82, 2.24) is 9.55 Å². The van der Waals surface area contributed by atoms with Crippen molar-refractivity contribution in [3.63, 3.8) is 0 Å². The minimum absolute atomic E-state index is 0.0486. The van der Waals surface area contributed by atoms with Crippen LogP contribution in [0.4, 0.5) is 0 Å². The first-order valence-corrected chi connectivity index (χ1v) is 9.59. The van der Waals surface area contributed by atoms with E-state index in [9.17, 15) is 9.59 Å². The van der Waals surface area contributed by atoms with Crippen LogP contribution in [0.3, 0.4) is 0 Å². The van der Waals surface area contributed by atoms with Gasteiger partial charge in [-0.2, -0.15) is 0 Å². The van der Waals surface area contributed by atoms with Crippen LogP contribution in [0.25, 0.3) is 0 Å². The summed E-state index contributed by atoms with van der Waals surface area (Å²) in [5, 5.41) is 0. The fourth-order valence-corrected chi connectivity index (χ4v) is 2.01. The first-order chi connectivity index (χ1) is 12.5. The third kappa shape index (κ3) is 11.3. The first kappa shape index (κ1) is 26.9. The Bertz CT molecular complexity index is 586. The quantitative estimate of drug-likeness (QED) is 0.543. The molecule has 10 heteroatoms. The molecule has 1 heterocycles. The molecule has 0 saturated heterocycles. The lowest BCUT2D eigenvalue weighted by Crippen LogP contribution is -2.36. The number of aromatic amines is 1. The molecule has 0 aromatic carbocycles. The van der Waals surface area contributed by atoms with Gasteiger partial charge >= 0.3 is 5.69 Å². The van der Waals surface area contributed by atoms with Crippen LogP contribution in [0.5, 0.6) is 0 Å². The Labute approximate surface area is 155 Å². The predicted octanol–water partition coefficient (Wildman–Crippen LogP) is 1.58. The molecule has 1 aromatic heterocycles. The van der Waals surface area contributed by atoms with E-state index in [1.807, 2.05) is 27.7 Å². The summed E-state index contributed by atoms with van der Waals surface area (Å²) in [5.41, 5.74) is -1.15. The molecule has 2 unspecified atom stereocenters. The monoisotopic (exact) mass is 394 g/mol. The van der Waals surface area contributed by atoms with Crippen molar-refractivity contribution >= 4 is 8.38 Å². The highest BCUT2D eigenvalue weighted by atomic mass is 31.2. The number of aromatic nitrogens is 2. The van der Waals surface area contributed by atoms with Crippen molar-refractivity contribution in [2.24, 2.45) is 0 Å². The molecule has 152 valence electrons. The third-order valence-electron chi connectivity index (χ3n) is 2.57. The minimum Gasteiger partial charge on any atom is -0.382 e. The van der Waals surface area contributed by atoms with Gasteiger partial charge in [-0.3, -0.25) is 14.3 Å². The van der Waals surface area contributed by atoms with Crippen LogP contribution in [-0.4, -0.2) is 52.9 Å². The summed E-state index contributed by atoms with van der Waals surface area (Å²) in [5.74, 6) is 1.18. The first-order valence-electron chi connectivity index (χ1n) is 8.28. The molecule has 26 heavy (non-hydrogen) atoms. The summed E-state index contributed by atoms with van der Waals surface area (Å²) in [6.45, 7) is 8.19. The maximum atomic E-state index is 11.8. The normalized spacial score (nSPS) is 12.8. The highest BCUT2D eigenvalue weighted by Crippen LogP contribution is 2.25. The van der Waals surface area contributed by atoms with E-state index in [-0.39, 0.29) is 13.2 Å². The fourth-order valence-electron chi connectivity index (χ4n) is 1.66. The Kier molecular flexibility index (Phi) is 17.7. The molecule has 2 atom stereocenters. The lowest BCUT2D eigenvalue weighted by molar-refractivity contribution is -0.0917. The van der Waals surface area contributed by atoms with Crippen molar-refractivity contribution in [3.05, 3.63) is 45.0 Å². The van der Waals surface area contributed by atoms with Gasteiger partial charge in [-0.1, -0.05) is 27.7 Å². The lowest BCUT2D eigenvalue weighted by atomic mass is 10.3. The molecular formula is C16H31N2O7P. The van der Waals surface area contributed by atoms with E-state index in [1.54, 1.807) is 0 Å². The number of hydrogen-bond donors (Lipinski definition) is 3. The van der Waals surface area contributed by atoms with Gasteiger partial charge in [0.1, 0.15) is 6.10 Å².